The number of aromatic nitrogens is 7. The zero-order valence-corrected chi connectivity index (χ0v) is 16.4. The third kappa shape index (κ3) is 4.23. The number of amides is 2. The minimum Gasteiger partial charge on any atom is -0.337 e. The van der Waals surface area contributed by atoms with Gasteiger partial charge in [-0.3, -0.25) is 10.1 Å². The van der Waals surface area contributed by atoms with E-state index < -0.39 is 0 Å². The number of hydrogen-bond acceptors (Lipinski definition) is 8. The number of carbonyl (C=O) groups excluding carboxylic acids is 1. The summed E-state index contributed by atoms with van der Waals surface area (Å²) in [5.41, 5.74) is 0.565. The Morgan fingerprint density at radius 1 is 1.34 bits per heavy atom. The predicted octanol–water partition coefficient (Wildman–Crippen LogP) is 2.20. The van der Waals surface area contributed by atoms with Crippen molar-refractivity contribution in [1.82, 2.24) is 45.5 Å². The highest BCUT2D eigenvalue weighted by Crippen LogP contribution is 2.30. The molecule has 11 nitrogen and oxygen atoms in total. The molecule has 29 heavy (non-hydrogen) atoms. The van der Waals surface area contributed by atoms with E-state index in [0.29, 0.717) is 35.6 Å². The molecule has 1 fully saturated rings. The molecule has 11 heteroatoms. The second kappa shape index (κ2) is 8.33. The molecule has 0 aromatic carbocycles. The van der Waals surface area contributed by atoms with Crippen molar-refractivity contribution in [3.63, 3.8) is 0 Å². The van der Waals surface area contributed by atoms with E-state index in [2.05, 4.69) is 40.6 Å². The van der Waals surface area contributed by atoms with Crippen LogP contribution >= 0.6 is 0 Å². The van der Waals surface area contributed by atoms with E-state index in [4.69, 9.17) is 4.52 Å². The van der Waals surface area contributed by atoms with Gasteiger partial charge in [-0.25, -0.2) is 14.8 Å². The number of nitrogens with one attached hydrogen (secondary N) is 2. The largest absolute Gasteiger partial charge is 0.337 e. The maximum Gasteiger partial charge on any atom is 0.318 e. The summed E-state index contributed by atoms with van der Waals surface area (Å²) in [6.45, 7) is 4.87. The minimum atomic E-state index is -0.214. The van der Waals surface area contributed by atoms with E-state index in [1.807, 2.05) is 13.8 Å². The number of aromatic amines is 1. The number of rotatable bonds is 5. The zero-order valence-electron chi connectivity index (χ0n) is 16.4. The van der Waals surface area contributed by atoms with Gasteiger partial charge in [0.2, 0.25) is 11.7 Å². The van der Waals surface area contributed by atoms with Gasteiger partial charge in [-0.05, 0) is 19.3 Å². The summed E-state index contributed by atoms with van der Waals surface area (Å²) in [6, 6.07) is -0.412. The zero-order chi connectivity index (χ0) is 20.2. The monoisotopic (exact) mass is 397 g/mol. The Labute approximate surface area is 167 Å². The molecule has 2 amide bonds. The summed E-state index contributed by atoms with van der Waals surface area (Å²) in [5, 5.41) is 13.9. The summed E-state index contributed by atoms with van der Waals surface area (Å²) < 4.78 is 5.44. The maximum atomic E-state index is 12.8. The number of piperidine rings is 1. The first kappa shape index (κ1) is 19.0. The molecule has 1 saturated heterocycles. The molecule has 3 aromatic rings. The standard InChI is InChI=1S/C18H23N9O2/c1-11(2)15-23-17(29-26-15)13-5-3-4-8-27(13)18(28)21-10-14-22-16(25-24-14)12-9-19-6-7-20-12/h6-7,9,11,13H,3-5,8,10H2,1-2H3,(H,21,28)(H,22,24,25)/t13-/m1/s1. The summed E-state index contributed by atoms with van der Waals surface area (Å²) in [6.07, 6.45) is 7.49. The molecular formula is C18H23N9O2. The third-order valence-corrected chi connectivity index (χ3v) is 4.75. The maximum absolute atomic E-state index is 12.8. The van der Waals surface area contributed by atoms with Crippen molar-refractivity contribution >= 4 is 6.03 Å². The number of carbonyl (C=O) groups is 1. The molecule has 1 aliphatic heterocycles. The third-order valence-electron chi connectivity index (χ3n) is 4.75. The summed E-state index contributed by atoms with van der Waals surface area (Å²) in [7, 11) is 0. The van der Waals surface area contributed by atoms with Crippen molar-refractivity contribution in [3.8, 4) is 11.5 Å². The Hall–Kier alpha value is -3.37. The fourth-order valence-corrected chi connectivity index (χ4v) is 3.21. The smallest absolute Gasteiger partial charge is 0.318 e. The first-order valence-electron chi connectivity index (χ1n) is 9.67. The van der Waals surface area contributed by atoms with Gasteiger partial charge in [-0.15, -0.1) is 0 Å². The fourth-order valence-electron chi connectivity index (χ4n) is 3.21. The van der Waals surface area contributed by atoms with Gasteiger partial charge in [0.15, 0.2) is 5.82 Å². The quantitative estimate of drug-likeness (QED) is 0.668. The molecular weight excluding hydrogens is 374 g/mol. The first-order chi connectivity index (χ1) is 14.1. The first-order valence-corrected chi connectivity index (χ1v) is 9.67. The van der Waals surface area contributed by atoms with Crippen molar-refractivity contribution in [2.75, 3.05) is 6.54 Å². The molecule has 0 unspecified atom stereocenters. The topological polar surface area (TPSA) is 139 Å². The van der Waals surface area contributed by atoms with Crippen LogP contribution < -0.4 is 5.32 Å². The number of urea groups is 1. The summed E-state index contributed by atoms with van der Waals surface area (Å²) in [4.78, 5) is 31.6. The van der Waals surface area contributed by atoms with Crippen molar-refractivity contribution in [3.05, 3.63) is 36.1 Å². The van der Waals surface area contributed by atoms with Crippen LogP contribution in [-0.4, -0.2) is 52.8 Å². The molecule has 3 aromatic heterocycles. The van der Waals surface area contributed by atoms with Gasteiger partial charge in [0.1, 0.15) is 17.6 Å². The Morgan fingerprint density at radius 3 is 3.00 bits per heavy atom. The minimum absolute atomic E-state index is 0.174. The van der Waals surface area contributed by atoms with Crippen LogP contribution in [0.15, 0.2) is 23.1 Å². The van der Waals surface area contributed by atoms with Gasteiger partial charge in [0.25, 0.3) is 0 Å². The predicted molar refractivity (Wildman–Crippen MR) is 101 cm³/mol. The van der Waals surface area contributed by atoms with Gasteiger partial charge in [0.05, 0.1) is 12.7 Å². The van der Waals surface area contributed by atoms with Crippen molar-refractivity contribution in [1.29, 1.82) is 0 Å². The molecule has 0 radical (unpaired) electrons. The summed E-state index contributed by atoms with van der Waals surface area (Å²) >= 11 is 0. The lowest BCUT2D eigenvalue weighted by Gasteiger charge is -2.33. The highest BCUT2D eigenvalue weighted by molar-refractivity contribution is 5.74. The number of hydrogen-bond donors (Lipinski definition) is 2. The van der Waals surface area contributed by atoms with E-state index in [9.17, 15) is 4.79 Å². The molecule has 0 spiro atoms. The molecule has 1 aliphatic rings. The van der Waals surface area contributed by atoms with E-state index in [1.54, 1.807) is 23.5 Å². The van der Waals surface area contributed by atoms with Gasteiger partial charge in [-0.2, -0.15) is 10.1 Å². The van der Waals surface area contributed by atoms with Gasteiger partial charge < -0.3 is 14.7 Å². The van der Waals surface area contributed by atoms with E-state index >= 15 is 0 Å². The summed E-state index contributed by atoms with van der Waals surface area (Å²) in [5.74, 6) is 2.29. The Morgan fingerprint density at radius 2 is 2.24 bits per heavy atom. The van der Waals surface area contributed by atoms with Crippen LogP contribution in [0.1, 0.15) is 62.6 Å². The Kier molecular flexibility index (Phi) is 5.45. The molecule has 4 rings (SSSR count). The number of nitrogens with zero attached hydrogens (tertiary/aromatic N) is 7. The SMILES string of the molecule is CC(C)c1noc([C@H]2CCCCN2C(=O)NCc2nc(-c3cnccn3)n[nH]2)n1. The molecule has 1 atom stereocenters. The van der Waals surface area contributed by atoms with Crippen LogP contribution in [-0.2, 0) is 6.54 Å². The van der Waals surface area contributed by atoms with Crippen molar-refractivity contribution in [2.45, 2.75) is 51.6 Å². The lowest BCUT2D eigenvalue weighted by Crippen LogP contribution is -2.44. The van der Waals surface area contributed by atoms with Gasteiger partial charge in [-0.1, -0.05) is 19.0 Å². The lowest BCUT2D eigenvalue weighted by molar-refractivity contribution is 0.131. The van der Waals surface area contributed by atoms with Crippen LogP contribution in [0.5, 0.6) is 0 Å². The van der Waals surface area contributed by atoms with Crippen molar-refractivity contribution in [2.24, 2.45) is 0 Å². The van der Waals surface area contributed by atoms with Crippen LogP contribution in [0.2, 0.25) is 0 Å². The molecule has 2 N–H and O–H groups in total. The molecule has 0 aliphatic carbocycles. The highest BCUT2D eigenvalue weighted by Gasteiger charge is 2.32. The Bertz CT molecular complexity index is 953. The van der Waals surface area contributed by atoms with Crippen LogP contribution in [0.4, 0.5) is 4.79 Å². The van der Waals surface area contributed by atoms with Crippen molar-refractivity contribution < 1.29 is 9.32 Å². The average molecular weight is 397 g/mol. The van der Waals surface area contributed by atoms with Gasteiger partial charge >= 0.3 is 6.03 Å². The number of H-pyrrole nitrogens is 1. The Balaban J connectivity index is 1.41. The van der Waals surface area contributed by atoms with Crippen LogP contribution in [0.3, 0.4) is 0 Å². The van der Waals surface area contributed by atoms with Crippen LogP contribution in [0.25, 0.3) is 11.5 Å². The molecule has 0 bridgehead atoms. The van der Waals surface area contributed by atoms with E-state index in [-0.39, 0.29) is 24.5 Å². The normalized spacial score (nSPS) is 16.9. The highest BCUT2D eigenvalue weighted by atomic mass is 16.5. The van der Waals surface area contributed by atoms with Crippen LogP contribution in [0, 0.1) is 0 Å². The molecule has 4 heterocycles. The van der Waals surface area contributed by atoms with E-state index in [0.717, 1.165) is 19.3 Å². The lowest BCUT2D eigenvalue weighted by atomic mass is 10.0. The second-order valence-corrected chi connectivity index (χ2v) is 7.21. The van der Waals surface area contributed by atoms with E-state index in [1.165, 1.54) is 0 Å². The fraction of sp³-hybridized carbons (Fsp3) is 0.500. The van der Waals surface area contributed by atoms with Gasteiger partial charge in [0, 0.05) is 24.9 Å². The number of likely N-dealkylation sites (tertiary alicyclic amines) is 1. The molecule has 0 saturated carbocycles. The molecule has 152 valence electrons. The second-order valence-electron chi connectivity index (χ2n) is 7.21. The average Bonchev–Trinajstić information content (AvgIpc) is 3.43.